The number of nitriles is 1. The van der Waals surface area contributed by atoms with Crippen LogP contribution in [0, 0.1) is 11.3 Å². The third-order valence-corrected chi connectivity index (χ3v) is 2.54. The highest BCUT2D eigenvalue weighted by Gasteiger charge is 2.09. The fourth-order valence-corrected chi connectivity index (χ4v) is 1.65. The molecule has 96 valence electrons. The van der Waals surface area contributed by atoms with E-state index >= 15 is 0 Å². The van der Waals surface area contributed by atoms with Crippen molar-refractivity contribution < 1.29 is 5.11 Å². The second kappa shape index (κ2) is 6.42. The SMILES string of the molecule is N#Cc1cnc(N(CCO)Cc2cccnc2)cn1. The van der Waals surface area contributed by atoms with Gasteiger partial charge in [0.2, 0.25) is 0 Å². The second-order valence-electron chi connectivity index (χ2n) is 3.88. The molecule has 0 unspecified atom stereocenters. The van der Waals surface area contributed by atoms with Crippen molar-refractivity contribution in [2.75, 3.05) is 18.1 Å². The van der Waals surface area contributed by atoms with E-state index in [1.54, 1.807) is 12.4 Å². The van der Waals surface area contributed by atoms with Crippen LogP contribution in [-0.2, 0) is 6.54 Å². The molecular weight excluding hydrogens is 242 g/mol. The van der Waals surface area contributed by atoms with Gasteiger partial charge < -0.3 is 10.0 Å². The largest absolute Gasteiger partial charge is 0.395 e. The standard InChI is InChI=1S/C13H13N5O/c14-6-12-8-17-13(9-16-12)18(4-5-19)10-11-2-1-3-15-7-11/h1-3,7-9,19H,4-5,10H2. The van der Waals surface area contributed by atoms with Crippen LogP contribution >= 0.6 is 0 Å². The van der Waals surface area contributed by atoms with Crippen molar-refractivity contribution in [3.63, 3.8) is 0 Å². The highest BCUT2D eigenvalue weighted by Crippen LogP contribution is 2.12. The topological polar surface area (TPSA) is 85.9 Å². The molecule has 0 aromatic carbocycles. The molecule has 0 aliphatic heterocycles. The molecule has 0 spiro atoms. The quantitative estimate of drug-likeness (QED) is 0.848. The van der Waals surface area contributed by atoms with Gasteiger partial charge in [-0.25, -0.2) is 9.97 Å². The Kier molecular flexibility index (Phi) is 4.37. The minimum Gasteiger partial charge on any atom is -0.395 e. The van der Waals surface area contributed by atoms with Crippen molar-refractivity contribution in [2.45, 2.75) is 6.54 Å². The molecule has 0 amide bonds. The summed E-state index contributed by atoms with van der Waals surface area (Å²) in [7, 11) is 0. The summed E-state index contributed by atoms with van der Waals surface area (Å²) in [6.45, 7) is 1.03. The molecule has 0 bridgehead atoms. The Labute approximate surface area is 111 Å². The molecule has 2 aromatic rings. The predicted molar refractivity (Wildman–Crippen MR) is 69.1 cm³/mol. The highest BCUT2D eigenvalue weighted by atomic mass is 16.3. The van der Waals surface area contributed by atoms with Gasteiger partial charge >= 0.3 is 0 Å². The molecule has 1 N–H and O–H groups in total. The van der Waals surface area contributed by atoms with Gasteiger partial charge in [0.15, 0.2) is 5.69 Å². The van der Waals surface area contributed by atoms with Crippen LogP contribution in [0.1, 0.15) is 11.3 Å². The molecule has 2 heterocycles. The third kappa shape index (κ3) is 3.47. The smallest absolute Gasteiger partial charge is 0.158 e. The number of hydrogen-bond donors (Lipinski definition) is 1. The van der Waals surface area contributed by atoms with Crippen LogP contribution in [-0.4, -0.2) is 33.2 Å². The van der Waals surface area contributed by atoms with Crippen LogP contribution in [0.15, 0.2) is 36.9 Å². The van der Waals surface area contributed by atoms with Crippen molar-refractivity contribution in [2.24, 2.45) is 0 Å². The Morgan fingerprint density at radius 2 is 2.16 bits per heavy atom. The molecule has 2 rings (SSSR count). The number of pyridine rings is 1. The second-order valence-corrected chi connectivity index (χ2v) is 3.88. The molecular formula is C13H13N5O. The van der Waals surface area contributed by atoms with E-state index in [2.05, 4.69) is 15.0 Å². The minimum absolute atomic E-state index is 0.0158. The Hall–Kier alpha value is -2.52. The number of hydrogen-bond acceptors (Lipinski definition) is 6. The van der Waals surface area contributed by atoms with E-state index in [1.165, 1.54) is 12.4 Å². The van der Waals surface area contributed by atoms with E-state index in [9.17, 15) is 0 Å². The van der Waals surface area contributed by atoms with Gasteiger partial charge in [-0.2, -0.15) is 5.26 Å². The Bertz CT molecular complexity index is 549. The van der Waals surface area contributed by atoms with Crippen LogP contribution in [0.2, 0.25) is 0 Å². The van der Waals surface area contributed by atoms with Crippen LogP contribution in [0.5, 0.6) is 0 Å². The van der Waals surface area contributed by atoms with Crippen molar-refractivity contribution in [3.8, 4) is 6.07 Å². The molecule has 0 atom stereocenters. The number of rotatable bonds is 5. The van der Waals surface area contributed by atoms with E-state index in [0.29, 0.717) is 18.9 Å². The highest BCUT2D eigenvalue weighted by molar-refractivity contribution is 5.38. The number of aliphatic hydroxyl groups is 1. The van der Waals surface area contributed by atoms with Gasteiger partial charge in [-0.05, 0) is 11.6 Å². The summed E-state index contributed by atoms with van der Waals surface area (Å²) in [5, 5.41) is 17.8. The normalized spacial score (nSPS) is 9.89. The average Bonchev–Trinajstić information content (AvgIpc) is 2.48. The maximum atomic E-state index is 9.12. The number of anilines is 1. The summed E-state index contributed by atoms with van der Waals surface area (Å²) in [5.74, 6) is 0.622. The molecule has 19 heavy (non-hydrogen) atoms. The zero-order chi connectivity index (χ0) is 13.5. The van der Waals surface area contributed by atoms with E-state index in [-0.39, 0.29) is 12.3 Å². The molecule has 0 radical (unpaired) electrons. The average molecular weight is 255 g/mol. The van der Waals surface area contributed by atoms with Crippen LogP contribution in [0.3, 0.4) is 0 Å². The first-order chi connectivity index (χ1) is 9.33. The van der Waals surface area contributed by atoms with Crippen LogP contribution < -0.4 is 4.90 Å². The van der Waals surface area contributed by atoms with Crippen LogP contribution in [0.4, 0.5) is 5.82 Å². The van der Waals surface area contributed by atoms with Crippen molar-refractivity contribution >= 4 is 5.82 Å². The maximum Gasteiger partial charge on any atom is 0.158 e. The summed E-state index contributed by atoms with van der Waals surface area (Å²) >= 11 is 0. The first kappa shape index (κ1) is 12.9. The van der Waals surface area contributed by atoms with Gasteiger partial charge in [-0.1, -0.05) is 6.07 Å². The summed E-state index contributed by atoms with van der Waals surface area (Å²) in [6, 6.07) is 5.73. The Morgan fingerprint density at radius 3 is 2.74 bits per heavy atom. The maximum absolute atomic E-state index is 9.12. The molecule has 6 nitrogen and oxygen atoms in total. The molecule has 0 saturated heterocycles. The molecule has 0 fully saturated rings. The zero-order valence-corrected chi connectivity index (χ0v) is 10.3. The summed E-state index contributed by atoms with van der Waals surface area (Å²) in [6.07, 6.45) is 6.43. The first-order valence-electron chi connectivity index (χ1n) is 5.80. The molecule has 0 saturated carbocycles. The van der Waals surface area contributed by atoms with Crippen molar-refractivity contribution in [1.82, 2.24) is 15.0 Å². The molecule has 0 aliphatic rings. The summed E-state index contributed by atoms with van der Waals surface area (Å²) < 4.78 is 0. The van der Waals surface area contributed by atoms with Gasteiger partial charge in [0.1, 0.15) is 11.9 Å². The fraction of sp³-hybridized carbons (Fsp3) is 0.231. The minimum atomic E-state index is 0.0158. The zero-order valence-electron chi connectivity index (χ0n) is 10.3. The van der Waals surface area contributed by atoms with E-state index in [0.717, 1.165) is 5.56 Å². The first-order valence-corrected chi connectivity index (χ1v) is 5.80. The summed E-state index contributed by atoms with van der Waals surface area (Å²) in [5.41, 5.74) is 1.29. The lowest BCUT2D eigenvalue weighted by Gasteiger charge is -2.22. The van der Waals surface area contributed by atoms with Crippen molar-refractivity contribution in [3.05, 3.63) is 48.2 Å². The molecule has 0 aliphatic carbocycles. The van der Waals surface area contributed by atoms with Gasteiger partial charge in [-0.3, -0.25) is 4.98 Å². The van der Waals surface area contributed by atoms with Gasteiger partial charge in [-0.15, -0.1) is 0 Å². The number of aliphatic hydroxyl groups excluding tert-OH is 1. The summed E-state index contributed by atoms with van der Waals surface area (Å²) in [4.78, 5) is 14.1. The lowest BCUT2D eigenvalue weighted by molar-refractivity contribution is 0.301. The number of aromatic nitrogens is 3. The van der Waals surface area contributed by atoms with Crippen molar-refractivity contribution in [1.29, 1.82) is 5.26 Å². The third-order valence-electron chi connectivity index (χ3n) is 2.54. The van der Waals surface area contributed by atoms with Gasteiger partial charge in [0.25, 0.3) is 0 Å². The lowest BCUT2D eigenvalue weighted by Crippen LogP contribution is -2.27. The fourth-order valence-electron chi connectivity index (χ4n) is 1.65. The Morgan fingerprint density at radius 1 is 1.26 bits per heavy atom. The monoisotopic (exact) mass is 255 g/mol. The molecule has 6 heteroatoms. The van der Waals surface area contributed by atoms with E-state index in [1.807, 2.05) is 23.1 Å². The predicted octanol–water partition coefficient (Wildman–Crippen LogP) is 0.742. The van der Waals surface area contributed by atoms with Gasteiger partial charge in [0.05, 0.1) is 19.0 Å². The van der Waals surface area contributed by atoms with Gasteiger partial charge in [0, 0.05) is 25.5 Å². The molecule has 2 aromatic heterocycles. The van der Waals surface area contributed by atoms with E-state index < -0.39 is 0 Å². The number of nitrogens with zero attached hydrogens (tertiary/aromatic N) is 5. The van der Waals surface area contributed by atoms with Crippen LogP contribution in [0.25, 0.3) is 0 Å². The van der Waals surface area contributed by atoms with E-state index in [4.69, 9.17) is 10.4 Å². The lowest BCUT2D eigenvalue weighted by atomic mass is 10.2. The Balaban J connectivity index is 2.17.